The van der Waals surface area contributed by atoms with Crippen LogP contribution in [0.1, 0.15) is 16.5 Å². The fourth-order valence-corrected chi connectivity index (χ4v) is 1.96. The zero-order valence-electron chi connectivity index (χ0n) is 7.92. The highest BCUT2D eigenvalue weighted by molar-refractivity contribution is 7.09. The molecule has 1 unspecified atom stereocenters. The van der Waals surface area contributed by atoms with Crippen LogP contribution < -0.4 is 5.73 Å². The fourth-order valence-electron chi connectivity index (χ4n) is 1.31. The second-order valence-corrected chi connectivity index (χ2v) is 4.20. The van der Waals surface area contributed by atoms with Crippen molar-refractivity contribution in [2.24, 2.45) is 12.8 Å². The molecule has 0 spiro atoms. The van der Waals surface area contributed by atoms with Crippen LogP contribution in [0.4, 0.5) is 0 Å². The van der Waals surface area contributed by atoms with E-state index < -0.39 is 0 Å². The lowest BCUT2D eigenvalue weighted by Crippen LogP contribution is -2.11. The lowest BCUT2D eigenvalue weighted by molar-refractivity contribution is 0.723. The van der Waals surface area contributed by atoms with Gasteiger partial charge in [-0.3, -0.25) is 9.67 Å². The SMILES string of the molecule is Cn1cc(C(N)Cc2cncs2)cn1. The van der Waals surface area contributed by atoms with Gasteiger partial charge < -0.3 is 5.73 Å². The van der Waals surface area contributed by atoms with E-state index in [0.717, 1.165) is 12.0 Å². The molecule has 14 heavy (non-hydrogen) atoms. The van der Waals surface area contributed by atoms with Crippen LogP contribution in [0.5, 0.6) is 0 Å². The van der Waals surface area contributed by atoms with Crippen molar-refractivity contribution in [1.82, 2.24) is 14.8 Å². The maximum atomic E-state index is 6.03. The molecule has 0 amide bonds. The Morgan fingerprint density at radius 3 is 3.00 bits per heavy atom. The summed E-state index contributed by atoms with van der Waals surface area (Å²) in [7, 11) is 1.89. The van der Waals surface area contributed by atoms with Gasteiger partial charge in [-0.25, -0.2) is 0 Å². The molecule has 0 aliphatic carbocycles. The van der Waals surface area contributed by atoms with Crippen molar-refractivity contribution in [2.75, 3.05) is 0 Å². The average molecular weight is 208 g/mol. The summed E-state index contributed by atoms with van der Waals surface area (Å²) in [6, 6.07) is 0.0177. The van der Waals surface area contributed by atoms with Crippen molar-refractivity contribution >= 4 is 11.3 Å². The Bertz CT molecular complexity index is 393. The Hall–Kier alpha value is -1.20. The molecule has 1 atom stereocenters. The molecule has 5 heteroatoms. The van der Waals surface area contributed by atoms with Gasteiger partial charge in [0.05, 0.1) is 11.7 Å². The smallest absolute Gasteiger partial charge is 0.0794 e. The number of nitrogens with zero attached hydrogens (tertiary/aromatic N) is 3. The number of thiazole rings is 1. The molecule has 0 aromatic carbocycles. The van der Waals surface area contributed by atoms with E-state index >= 15 is 0 Å². The quantitative estimate of drug-likeness (QED) is 0.822. The monoisotopic (exact) mass is 208 g/mol. The molecule has 2 aromatic heterocycles. The first-order valence-corrected chi connectivity index (χ1v) is 5.25. The summed E-state index contributed by atoms with van der Waals surface area (Å²) in [6.07, 6.45) is 6.45. The van der Waals surface area contributed by atoms with E-state index in [1.807, 2.05) is 31.1 Å². The molecule has 0 bridgehead atoms. The number of hydrogen-bond acceptors (Lipinski definition) is 4. The normalized spacial score (nSPS) is 13.0. The van der Waals surface area contributed by atoms with Crippen LogP contribution >= 0.6 is 11.3 Å². The van der Waals surface area contributed by atoms with E-state index in [4.69, 9.17) is 5.73 Å². The Kier molecular flexibility index (Phi) is 2.60. The first-order valence-electron chi connectivity index (χ1n) is 4.37. The summed E-state index contributed by atoms with van der Waals surface area (Å²) in [4.78, 5) is 5.23. The second kappa shape index (κ2) is 3.89. The van der Waals surface area contributed by atoms with Crippen LogP contribution in [0, 0.1) is 0 Å². The zero-order valence-corrected chi connectivity index (χ0v) is 8.74. The highest BCUT2D eigenvalue weighted by atomic mass is 32.1. The summed E-state index contributed by atoms with van der Waals surface area (Å²) >= 11 is 1.63. The highest BCUT2D eigenvalue weighted by Gasteiger charge is 2.09. The maximum Gasteiger partial charge on any atom is 0.0794 e. The van der Waals surface area contributed by atoms with Crippen LogP contribution in [0.15, 0.2) is 24.1 Å². The molecular formula is C9H12N4S. The predicted molar refractivity (Wildman–Crippen MR) is 56.0 cm³/mol. The number of aromatic nitrogens is 3. The molecule has 0 fully saturated rings. The number of hydrogen-bond donors (Lipinski definition) is 1. The van der Waals surface area contributed by atoms with E-state index in [2.05, 4.69) is 10.1 Å². The van der Waals surface area contributed by atoms with Gasteiger partial charge in [0.2, 0.25) is 0 Å². The summed E-state index contributed by atoms with van der Waals surface area (Å²) in [6.45, 7) is 0. The summed E-state index contributed by atoms with van der Waals surface area (Å²) in [5.74, 6) is 0. The second-order valence-electron chi connectivity index (χ2n) is 3.23. The fraction of sp³-hybridized carbons (Fsp3) is 0.333. The number of rotatable bonds is 3. The summed E-state index contributed by atoms with van der Waals surface area (Å²) < 4.78 is 1.77. The lowest BCUT2D eigenvalue weighted by atomic mass is 10.1. The molecule has 2 N–H and O–H groups in total. The molecule has 2 aromatic rings. The Labute approximate surface area is 86.4 Å². The highest BCUT2D eigenvalue weighted by Crippen LogP contribution is 2.17. The number of nitrogens with two attached hydrogens (primary N) is 1. The molecule has 0 aliphatic rings. The lowest BCUT2D eigenvalue weighted by Gasteiger charge is -2.06. The Morgan fingerprint density at radius 1 is 1.57 bits per heavy atom. The zero-order chi connectivity index (χ0) is 9.97. The van der Waals surface area contributed by atoms with Crippen LogP contribution in [0.2, 0.25) is 0 Å². The molecular weight excluding hydrogens is 196 g/mol. The van der Waals surface area contributed by atoms with Gasteiger partial charge >= 0.3 is 0 Å². The molecule has 0 saturated heterocycles. The van der Waals surface area contributed by atoms with Gasteiger partial charge in [-0.15, -0.1) is 11.3 Å². The molecule has 74 valence electrons. The van der Waals surface area contributed by atoms with Gasteiger partial charge in [-0.05, 0) is 0 Å². The summed E-state index contributed by atoms with van der Waals surface area (Å²) in [5.41, 5.74) is 8.92. The minimum absolute atomic E-state index is 0.0177. The predicted octanol–water partition coefficient (Wildman–Crippen LogP) is 1.12. The van der Waals surface area contributed by atoms with Crippen molar-refractivity contribution in [1.29, 1.82) is 0 Å². The van der Waals surface area contributed by atoms with E-state index in [9.17, 15) is 0 Å². The number of aryl methyl sites for hydroxylation is 1. The third-order valence-electron chi connectivity index (χ3n) is 2.06. The third kappa shape index (κ3) is 2.00. The maximum absolute atomic E-state index is 6.03. The minimum atomic E-state index is 0.0177. The van der Waals surface area contributed by atoms with Crippen LogP contribution in [-0.2, 0) is 13.5 Å². The van der Waals surface area contributed by atoms with E-state index in [0.29, 0.717) is 0 Å². The average Bonchev–Trinajstić information content (AvgIpc) is 2.75. The molecule has 2 heterocycles. The molecule has 2 rings (SSSR count). The van der Waals surface area contributed by atoms with Gasteiger partial charge in [0, 0.05) is 42.3 Å². The standard InChI is InChI=1S/C9H12N4S/c1-13-5-7(3-12-13)9(10)2-8-4-11-6-14-8/h3-6,9H,2,10H2,1H3. The largest absolute Gasteiger partial charge is 0.324 e. The van der Waals surface area contributed by atoms with Crippen molar-refractivity contribution in [2.45, 2.75) is 12.5 Å². The molecule has 0 aliphatic heterocycles. The van der Waals surface area contributed by atoms with Crippen LogP contribution in [0.25, 0.3) is 0 Å². The first-order chi connectivity index (χ1) is 6.75. The van der Waals surface area contributed by atoms with Gasteiger partial charge in [0.25, 0.3) is 0 Å². The molecule has 0 radical (unpaired) electrons. The summed E-state index contributed by atoms with van der Waals surface area (Å²) in [5, 5.41) is 4.09. The molecule has 0 saturated carbocycles. The van der Waals surface area contributed by atoms with E-state index in [-0.39, 0.29) is 6.04 Å². The van der Waals surface area contributed by atoms with Gasteiger partial charge in [0.15, 0.2) is 0 Å². The van der Waals surface area contributed by atoms with E-state index in [1.54, 1.807) is 16.0 Å². The van der Waals surface area contributed by atoms with E-state index in [1.165, 1.54) is 4.88 Å². The van der Waals surface area contributed by atoms with Gasteiger partial charge in [0.1, 0.15) is 0 Å². The topological polar surface area (TPSA) is 56.7 Å². The van der Waals surface area contributed by atoms with Crippen molar-refractivity contribution in [3.63, 3.8) is 0 Å². The van der Waals surface area contributed by atoms with Gasteiger partial charge in [-0.2, -0.15) is 5.10 Å². The van der Waals surface area contributed by atoms with Crippen molar-refractivity contribution in [3.05, 3.63) is 34.5 Å². The van der Waals surface area contributed by atoms with Crippen molar-refractivity contribution < 1.29 is 0 Å². The van der Waals surface area contributed by atoms with Crippen LogP contribution in [-0.4, -0.2) is 14.8 Å². The third-order valence-corrected chi connectivity index (χ3v) is 2.86. The Morgan fingerprint density at radius 2 is 2.43 bits per heavy atom. The van der Waals surface area contributed by atoms with Crippen LogP contribution in [0.3, 0.4) is 0 Å². The van der Waals surface area contributed by atoms with Crippen molar-refractivity contribution in [3.8, 4) is 0 Å². The Balaban J connectivity index is 2.06. The van der Waals surface area contributed by atoms with Gasteiger partial charge in [-0.1, -0.05) is 0 Å². The molecule has 4 nitrogen and oxygen atoms in total. The first kappa shape index (κ1) is 9.36. The minimum Gasteiger partial charge on any atom is -0.324 e.